The summed E-state index contributed by atoms with van der Waals surface area (Å²) in [6.07, 6.45) is 3.22. The van der Waals surface area contributed by atoms with E-state index < -0.39 is 23.6 Å². The van der Waals surface area contributed by atoms with Crippen molar-refractivity contribution in [2.75, 3.05) is 7.05 Å². The molecule has 1 aromatic heterocycles. The molecule has 3 rings (SSSR count). The number of halogens is 2. The summed E-state index contributed by atoms with van der Waals surface area (Å²) in [4.78, 5) is 30.0. The van der Waals surface area contributed by atoms with Gasteiger partial charge in [-0.1, -0.05) is 12.1 Å². The maximum Gasteiger partial charge on any atom is 0.225 e. The Bertz CT molecular complexity index is 798. The quantitative estimate of drug-likeness (QED) is 0.922. The largest absolute Gasteiger partial charge is 0.350 e. The van der Waals surface area contributed by atoms with E-state index in [4.69, 9.17) is 0 Å². The zero-order chi connectivity index (χ0) is 18.0. The molecule has 1 aromatic carbocycles. The van der Waals surface area contributed by atoms with Crippen molar-refractivity contribution in [3.05, 3.63) is 65.5 Å². The Hall–Kier alpha value is -2.83. The molecule has 0 saturated carbocycles. The Balaban J connectivity index is 1.74. The van der Waals surface area contributed by atoms with Crippen LogP contribution in [0.25, 0.3) is 0 Å². The number of likely N-dealkylation sites (tertiary alicyclic amines) is 1. The number of hydrogen-bond acceptors (Lipinski definition) is 3. The van der Waals surface area contributed by atoms with Gasteiger partial charge < -0.3 is 10.2 Å². The van der Waals surface area contributed by atoms with Crippen molar-refractivity contribution in [3.63, 3.8) is 0 Å². The number of nitrogens with zero attached hydrogens (tertiary/aromatic N) is 2. The minimum absolute atomic E-state index is 0.0906. The molecular weight excluding hydrogens is 328 g/mol. The standard InChI is InChI=1S/C18H17F2N3O2/c1-23-17(25)9-15(18(23)12-3-2-6-21-10-12)22-16(24)7-11-4-5-13(19)8-14(11)20/h2-6,8,10,15,18H,7,9H2,1H3,(H,22,24)/t15-,18+/m1/s1. The van der Waals surface area contributed by atoms with E-state index in [1.165, 1.54) is 6.07 Å². The minimum atomic E-state index is -0.765. The summed E-state index contributed by atoms with van der Waals surface area (Å²) in [6.45, 7) is 0. The summed E-state index contributed by atoms with van der Waals surface area (Å²) in [6, 6.07) is 5.94. The molecule has 1 N–H and O–H groups in total. The van der Waals surface area contributed by atoms with Gasteiger partial charge in [-0.05, 0) is 23.3 Å². The van der Waals surface area contributed by atoms with E-state index in [2.05, 4.69) is 10.3 Å². The maximum absolute atomic E-state index is 13.7. The SMILES string of the molecule is CN1C(=O)C[C@@H](NC(=O)Cc2ccc(F)cc2F)[C@@H]1c1cccnc1. The van der Waals surface area contributed by atoms with Crippen molar-refractivity contribution in [3.8, 4) is 0 Å². The van der Waals surface area contributed by atoms with Gasteiger partial charge in [0, 0.05) is 31.9 Å². The molecule has 5 nitrogen and oxygen atoms in total. The molecule has 1 aliphatic rings. The van der Waals surface area contributed by atoms with Gasteiger partial charge in [0.2, 0.25) is 11.8 Å². The van der Waals surface area contributed by atoms with Crippen LogP contribution in [-0.2, 0) is 16.0 Å². The Morgan fingerprint density at radius 3 is 2.84 bits per heavy atom. The van der Waals surface area contributed by atoms with Gasteiger partial charge in [0.1, 0.15) is 11.6 Å². The lowest BCUT2D eigenvalue weighted by atomic mass is 10.0. The molecule has 0 unspecified atom stereocenters. The van der Waals surface area contributed by atoms with Gasteiger partial charge in [0.25, 0.3) is 0 Å². The van der Waals surface area contributed by atoms with Crippen molar-refractivity contribution >= 4 is 11.8 Å². The van der Waals surface area contributed by atoms with Gasteiger partial charge in [-0.15, -0.1) is 0 Å². The van der Waals surface area contributed by atoms with E-state index in [0.717, 1.165) is 17.7 Å². The minimum Gasteiger partial charge on any atom is -0.350 e. The number of amides is 2. The Labute approximate surface area is 143 Å². The van der Waals surface area contributed by atoms with Crippen LogP contribution in [0, 0.1) is 11.6 Å². The first kappa shape index (κ1) is 17.0. The highest BCUT2D eigenvalue weighted by Crippen LogP contribution is 2.31. The summed E-state index contributed by atoms with van der Waals surface area (Å²) in [7, 11) is 1.67. The van der Waals surface area contributed by atoms with Crippen LogP contribution in [0.4, 0.5) is 8.78 Å². The highest BCUT2D eigenvalue weighted by molar-refractivity contribution is 5.83. The molecule has 2 atom stereocenters. The average Bonchev–Trinajstić information content (AvgIpc) is 2.85. The van der Waals surface area contributed by atoms with Gasteiger partial charge in [-0.25, -0.2) is 8.78 Å². The molecule has 2 aromatic rings. The lowest BCUT2D eigenvalue weighted by Gasteiger charge is -2.25. The van der Waals surface area contributed by atoms with Crippen LogP contribution in [0.3, 0.4) is 0 Å². The molecule has 130 valence electrons. The van der Waals surface area contributed by atoms with Crippen LogP contribution >= 0.6 is 0 Å². The van der Waals surface area contributed by atoms with Crippen molar-refractivity contribution in [1.82, 2.24) is 15.2 Å². The Morgan fingerprint density at radius 2 is 2.16 bits per heavy atom. The number of carbonyl (C=O) groups excluding carboxylic acids is 2. The van der Waals surface area contributed by atoms with Crippen molar-refractivity contribution < 1.29 is 18.4 Å². The molecule has 0 radical (unpaired) electrons. The summed E-state index contributed by atoms with van der Waals surface area (Å²) in [5.74, 6) is -1.97. The van der Waals surface area contributed by atoms with E-state index in [0.29, 0.717) is 0 Å². The number of rotatable bonds is 4. The van der Waals surface area contributed by atoms with E-state index in [9.17, 15) is 18.4 Å². The van der Waals surface area contributed by atoms with Gasteiger partial charge in [0.05, 0.1) is 18.5 Å². The summed E-state index contributed by atoms with van der Waals surface area (Å²) < 4.78 is 26.6. The van der Waals surface area contributed by atoms with Gasteiger partial charge in [-0.2, -0.15) is 0 Å². The molecule has 1 aliphatic heterocycles. The first-order chi connectivity index (χ1) is 12.0. The summed E-state index contributed by atoms with van der Waals surface area (Å²) >= 11 is 0. The molecule has 1 fully saturated rings. The van der Waals surface area contributed by atoms with E-state index in [1.54, 1.807) is 30.4 Å². The van der Waals surface area contributed by atoms with Crippen LogP contribution in [0.15, 0.2) is 42.7 Å². The smallest absolute Gasteiger partial charge is 0.225 e. The Morgan fingerprint density at radius 1 is 1.36 bits per heavy atom. The third-order valence-corrected chi connectivity index (χ3v) is 4.32. The van der Waals surface area contributed by atoms with Crippen LogP contribution in [0.1, 0.15) is 23.6 Å². The monoisotopic (exact) mass is 345 g/mol. The molecule has 0 spiro atoms. The zero-order valence-electron chi connectivity index (χ0n) is 13.6. The number of likely N-dealkylation sites (N-methyl/N-ethyl adjacent to an activating group) is 1. The number of nitrogens with one attached hydrogen (secondary N) is 1. The van der Waals surface area contributed by atoms with E-state index in [1.807, 2.05) is 6.07 Å². The topological polar surface area (TPSA) is 62.3 Å². The second-order valence-electron chi connectivity index (χ2n) is 6.03. The molecule has 25 heavy (non-hydrogen) atoms. The third-order valence-electron chi connectivity index (χ3n) is 4.32. The third kappa shape index (κ3) is 3.65. The number of hydrogen-bond donors (Lipinski definition) is 1. The molecule has 0 aliphatic carbocycles. The first-order valence-electron chi connectivity index (χ1n) is 7.84. The molecule has 2 amide bonds. The zero-order valence-corrected chi connectivity index (χ0v) is 13.6. The van der Waals surface area contributed by atoms with Crippen molar-refractivity contribution in [1.29, 1.82) is 0 Å². The molecule has 0 bridgehead atoms. The summed E-state index contributed by atoms with van der Waals surface area (Å²) in [5, 5.41) is 2.79. The molecule has 2 heterocycles. The number of pyridine rings is 1. The summed E-state index contributed by atoms with van der Waals surface area (Å²) in [5.41, 5.74) is 0.920. The van der Waals surface area contributed by atoms with Crippen LogP contribution < -0.4 is 5.32 Å². The molecule has 7 heteroatoms. The maximum atomic E-state index is 13.7. The van der Waals surface area contributed by atoms with Gasteiger partial charge >= 0.3 is 0 Å². The fourth-order valence-electron chi connectivity index (χ4n) is 3.10. The second-order valence-corrected chi connectivity index (χ2v) is 6.03. The van der Waals surface area contributed by atoms with Gasteiger partial charge in [0.15, 0.2) is 0 Å². The van der Waals surface area contributed by atoms with Crippen molar-refractivity contribution in [2.45, 2.75) is 24.9 Å². The van der Waals surface area contributed by atoms with E-state index >= 15 is 0 Å². The predicted molar refractivity (Wildman–Crippen MR) is 86.4 cm³/mol. The van der Waals surface area contributed by atoms with Crippen LogP contribution in [-0.4, -0.2) is 34.8 Å². The molecule has 1 saturated heterocycles. The lowest BCUT2D eigenvalue weighted by Crippen LogP contribution is -2.39. The fraction of sp³-hybridized carbons (Fsp3) is 0.278. The van der Waals surface area contributed by atoms with Gasteiger partial charge in [-0.3, -0.25) is 14.6 Å². The highest BCUT2D eigenvalue weighted by atomic mass is 19.1. The first-order valence-corrected chi connectivity index (χ1v) is 7.84. The average molecular weight is 345 g/mol. The normalized spacial score (nSPS) is 20.0. The molecular formula is C18H17F2N3O2. The second kappa shape index (κ2) is 6.96. The fourth-order valence-corrected chi connectivity index (χ4v) is 3.10. The van der Waals surface area contributed by atoms with Crippen LogP contribution in [0.2, 0.25) is 0 Å². The van der Waals surface area contributed by atoms with E-state index in [-0.39, 0.29) is 30.4 Å². The number of benzene rings is 1. The van der Waals surface area contributed by atoms with Crippen molar-refractivity contribution in [2.24, 2.45) is 0 Å². The van der Waals surface area contributed by atoms with Crippen LogP contribution in [0.5, 0.6) is 0 Å². The highest BCUT2D eigenvalue weighted by Gasteiger charge is 2.39. The predicted octanol–water partition coefficient (Wildman–Crippen LogP) is 1.99. The Kier molecular flexibility index (Phi) is 4.74. The lowest BCUT2D eigenvalue weighted by molar-refractivity contribution is -0.127. The number of aromatic nitrogens is 1. The number of carbonyl (C=O) groups is 2.